The lowest BCUT2D eigenvalue weighted by atomic mass is 10.0. The van der Waals surface area contributed by atoms with Gasteiger partial charge in [-0.2, -0.15) is 0 Å². The molecule has 0 aliphatic carbocycles. The lowest BCUT2D eigenvalue weighted by molar-refractivity contribution is 0.289. The molecule has 4 aromatic carbocycles. The van der Waals surface area contributed by atoms with Gasteiger partial charge in [0, 0.05) is 24.2 Å². The van der Waals surface area contributed by atoms with Crippen molar-refractivity contribution in [2.24, 2.45) is 0 Å². The molecule has 0 aliphatic rings. The van der Waals surface area contributed by atoms with Gasteiger partial charge in [-0.15, -0.1) is 0 Å². The van der Waals surface area contributed by atoms with Crippen LogP contribution in [0.15, 0.2) is 103 Å². The number of ether oxygens (including phenoxy) is 2. The van der Waals surface area contributed by atoms with Crippen molar-refractivity contribution in [3.05, 3.63) is 126 Å². The first-order valence-electron chi connectivity index (χ1n) is 11.7. The van der Waals surface area contributed by atoms with Crippen molar-refractivity contribution in [1.82, 2.24) is 0 Å². The van der Waals surface area contributed by atoms with Gasteiger partial charge in [0.2, 0.25) is 0 Å². The van der Waals surface area contributed by atoms with Crippen molar-refractivity contribution >= 4 is 5.69 Å². The van der Waals surface area contributed by atoms with Gasteiger partial charge in [-0.3, -0.25) is 0 Å². The van der Waals surface area contributed by atoms with Gasteiger partial charge < -0.3 is 14.4 Å². The zero-order chi connectivity index (χ0) is 23.8. The van der Waals surface area contributed by atoms with Crippen molar-refractivity contribution in [2.75, 3.05) is 4.90 Å². The Balaban J connectivity index is 1.63. The van der Waals surface area contributed by atoms with Crippen LogP contribution in [-0.2, 0) is 19.8 Å². The molecular weight excluding hydrogens is 418 g/mol. The molecule has 0 fully saturated rings. The van der Waals surface area contributed by atoms with Gasteiger partial charge in [-0.05, 0) is 43.5 Å². The molecule has 0 aliphatic heterocycles. The van der Waals surface area contributed by atoms with Crippen LogP contribution >= 0.6 is 0 Å². The summed E-state index contributed by atoms with van der Waals surface area (Å²) in [5, 5.41) is 0. The first kappa shape index (κ1) is 23.4. The fourth-order valence-electron chi connectivity index (χ4n) is 3.75. The molecular formula is C31H32NO2. The molecule has 0 amide bonds. The summed E-state index contributed by atoms with van der Waals surface area (Å²) in [6.07, 6.45) is 0. The highest BCUT2D eigenvalue weighted by molar-refractivity contribution is 5.62. The summed E-state index contributed by atoms with van der Waals surface area (Å²) in [7, 11) is 0. The second-order valence-electron chi connectivity index (χ2n) is 9.34. The van der Waals surface area contributed by atoms with Gasteiger partial charge in [-0.1, -0.05) is 91.0 Å². The standard InChI is InChI=1S/C31H32NO2/c1-31(2,3)32(22-25-13-7-4-8-14-25)29-20-19-28(33-23-26-15-9-5-10-16-26)21-30(29)34-24-27-17-11-6-12-18-27/h4-19,21H,22-24H2,1-3H3. The summed E-state index contributed by atoms with van der Waals surface area (Å²) < 4.78 is 12.5. The van der Waals surface area contributed by atoms with Crippen LogP contribution in [0.4, 0.5) is 5.69 Å². The summed E-state index contributed by atoms with van der Waals surface area (Å²) in [5.74, 6) is 1.50. The van der Waals surface area contributed by atoms with E-state index in [4.69, 9.17) is 9.47 Å². The zero-order valence-corrected chi connectivity index (χ0v) is 20.2. The quantitative estimate of drug-likeness (QED) is 0.264. The van der Waals surface area contributed by atoms with Gasteiger partial charge in [-0.25, -0.2) is 0 Å². The summed E-state index contributed by atoms with van der Waals surface area (Å²) in [5.41, 5.74) is 4.28. The third-order valence-electron chi connectivity index (χ3n) is 5.61. The number of rotatable bonds is 9. The minimum atomic E-state index is -0.135. The van der Waals surface area contributed by atoms with E-state index in [2.05, 4.69) is 80.3 Å². The average molecular weight is 451 g/mol. The summed E-state index contributed by atoms with van der Waals surface area (Å²) >= 11 is 0. The fraction of sp³-hybridized carbons (Fsp3) is 0.226. The van der Waals surface area contributed by atoms with Crippen LogP contribution in [-0.4, -0.2) is 5.54 Å². The Kier molecular flexibility index (Phi) is 7.54. The van der Waals surface area contributed by atoms with E-state index >= 15 is 0 Å². The highest BCUT2D eigenvalue weighted by Crippen LogP contribution is 2.37. The second kappa shape index (κ2) is 10.9. The maximum absolute atomic E-state index is 6.38. The summed E-state index contributed by atoms with van der Waals surface area (Å²) in [6, 6.07) is 38.3. The Bertz CT molecular complexity index is 1150. The van der Waals surface area contributed by atoms with E-state index in [0.29, 0.717) is 13.2 Å². The molecule has 0 aromatic heterocycles. The minimum Gasteiger partial charge on any atom is -0.489 e. The van der Waals surface area contributed by atoms with Crippen LogP contribution in [0.3, 0.4) is 0 Å². The normalized spacial score (nSPS) is 11.1. The Labute approximate surface area is 203 Å². The SMILES string of the molecule is CC(C)(C)N(Cc1ccccc1)c1[c]cc(OCc2ccccc2)cc1OCc1ccccc1. The third-order valence-corrected chi connectivity index (χ3v) is 5.61. The maximum Gasteiger partial charge on any atom is 0.147 e. The molecule has 34 heavy (non-hydrogen) atoms. The highest BCUT2D eigenvalue weighted by Gasteiger charge is 2.25. The Morgan fingerprint density at radius 2 is 1.18 bits per heavy atom. The average Bonchev–Trinajstić information content (AvgIpc) is 2.86. The van der Waals surface area contributed by atoms with E-state index in [1.807, 2.05) is 54.6 Å². The first-order chi connectivity index (χ1) is 16.5. The Hall–Kier alpha value is -3.72. The molecule has 0 bridgehead atoms. The van der Waals surface area contributed by atoms with E-state index in [1.54, 1.807) is 0 Å². The molecule has 3 heteroatoms. The lowest BCUT2D eigenvalue weighted by Crippen LogP contribution is -2.41. The van der Waals surface area contributed by atoms with Crippen molar-refractivity contribution in [1.29, 1.82) is 0 Å². The number of hydrogen-bond donors (Lipinski definition) is 0. The van der Waals surface area contributed by atoms with Gasteiger partial charge in [0.15, 0.2) is 0 Å². The number of anilines is 1. The molecule has 0 atom stereocenters. The topological polar surface area (TPSA) is 21.7 Å². The molecule has 173 valence electrons. The van der Waals surface area contributed by atoms with Crippen LogP contribution in [0.25, 0.3) is 0 Å². The van der Waals surface area contributed by atoms with Crippen LogP contribution in [0.1, 0.15) is 37.5 Å². The molecule has 4 aromatic rings. The first-order valence-corrected chi connectivity index (χ1v) is 11.7. The Morgan fingerprint density at radius 3 is 1.71 bits per heavy atom. The van der Waals surface area contributed by atoms with Gasteiger partial charge >= 0.3 is 0 Å². The summed E-state index contributed by atoms with van der Waals surface area (Å²) in [4.78, 5) is 2.34. The largest absolute Gasteiger partial charge is 0.489 e. The maximum atomic E-state index is 6.38. The smallest absolute Gasteiger partial charge is 0.147 e. The molecule has 0 saturated carbocycles. The molecule has 0 spiro atoms. The predicted molar refractivity (Wildman–Crippen MR) is 139 cm³/mol. The molecule has 1 radical (unpaired) electrons. The van der Waals surface area contributed by atoms with E-state index in [1.165, 1.54) is 5.56 Å². The molecule has 4 rings (SSSR count). The number of benzene rings is 4. The molecule has 0 unspecified atom stereocenters. The van der Waals surface area contributed by atoms with Gasteiger partial charge in [0.05, 0.1) is 5.69 Å². The minimum absolute atomic E-state index is 0.135. The molecule has 0 heterocycles. The van der Waals surface area contributed by atoms with E-state index in [-0.39, 0.29) is 5.54 Å². The highest BCUT2D eigenvalue weighted by atomic mass is 16.5. The van der Waals surface area contributed by atoms with Gasteiger partial charge in [0.1, 0.15) is 24.7 Å². The van der Waals surface area contributed by atoms with Crippen molar-refractivity contribution in [2.45, 2.75) is 46.1 Å². The molecule has 0 saturated heterocycles. The monoisotopic (exact) mass is 450 g/mol. The van der Waals surface area contributed by atoms with E-state index in [0.717, 1.165) is 34.9 Å². The fourth-order valence-corrected chi connectivity index (χ4v) is 3.75. The van der Waals surface area contributed by atoms with Crippen LogP contribution in [0, 0.1) is 6.07 Å². The lowest BCUT2D eigenvalue weighted by Gasteiger charge is -2.38. The second-order valence-corrected chi connectivity index (χ2v) is 9.34. The third kappa shape index (κ3) is 6.41. The van der Waals surface area contributed by atoms with E-state index < -0.39 is 0 Å². The summed E-state index contributed by atoms with van der Waals surface area (Å²) in [6.45, 7) is 8.37. The van der Waals surface area contributed by atoms with Crippen molar-refractivity contribution in [3.63, 3.8) is 0 Å². The Morgan fingerprint density at radius 1 is 0.676 bits per heavy atom. The van der Waals surface area contributed by atoms with Gasteiger partial charge in [0.25, 0.3) is 0 Å². The number of nitrogens with zero attached hydrogens (tertiary/aromatic N) is 1. The number of hydrogen-bond acceptors (Lipinski definition) is 3. The van der Waals surface area contributed by atoms with Crippen LogP contribution in [0.2, 0.25) is 0 Å². The molecule has 0 N–H and O–H groups in total. The van der Waals surface area contributed by atoms with E-state index in [9.17, 15) is 0 Å². The predicted octanol–water partition coefficient (Wildman–Crippen LogP) is 7.45. The van der Waals surface area contributed by atoms with Crippen LogP contribution < -0.4 is 14.4 Å². The van der Waals surface area contributed by atoms with Crippen LogP contribution in [0.5, 0.6) is 11.5 Å². The zero-order valence-electron chi connectivity index (χ0n) is 20.2. The van der Waals surface area contributed by atoms with Crippen molar-refractivity contribution < 1.29 is 9.47 Å². The van der Waals surface area contributed by atoms with Crippen molar-refractivity contribution in [3.8, 4) is 11.5 Å². The molecule has 3 nitrogen and oxygen atoms in total.